The molecule has 0 aliphatic heterocycles. The quantitative estimate of drug-likeness (QED) is 0.399. The molecule has 0 fully saturated rings. The number of aromatic nitrogens is 1. The van der Waals surface area contributed by atoms with E-state index in [1.807, 2.05) is 19.9 Å². The van der Waals surface area contributed by atoms with E-state index in [9.17, 15) is 13.2 Å². The maximum absolute atomic E-state index is 12.4. The van der Waals surface area contributed by atoms with Gasteiger partial charge in [0.2, 0.25) is 10.0 Å². The second-order valence-electron chi connectivity index (χ2n) is 7.99. The van der Waals surface area contributed by atoms with E-state index in [2.05, 4.69) is 47.1 Å². The zero-order valence-corrected chi connectivity index (χ0v) is 20.8. The van der Waals surface area contributed by atoms with Crippen molar-refractivity contribution in [1.82, 2.24) is 9.99 Å². The third kappa shape index (κ3) is 5.83. The minimum absolute atomic E-state index is 0.345. The molecule has 0 saturated heterocycles. The number of hydrogen-bond acceptors (Lipinski definition) is 4. The number of carbonyl (C=O) groups is 1. The standard InChI is InChI=1S/C24H27ClN4O3S/c1-16-6-11-23(17(2)12-16)29-18(3)13-20(19(29)4)14-26-27-24(30)15-28(33(5,31)32)22-9-7-21(25)8-10-22/h6-14H,15H2,1-5H3,(H,27,30)/b26-14+. The molecule has 1 aromatic heterocycles. The van der Waals surface area contributed by atoms with Crippen LogP contribution in [0.3, 0.4) is 0 Å². The number of halogens is 1. The first-order chi connectivity index (χ1) is 15.5. The fraction of sp³-hybridized carbons (Fsp3) is 0.250. The number of nitrogens with zero attached hydrogens (tertiary/aromatic N) is 3. The SMILES string of the molecule is Cc1ccc(-n2c(C)cc(/C=N/NC(=O)CN(c3ccc(Cl)cc3)S(C)(=O)=O)c2C)c(C)c1. The Morgan fingerprint density at radius 2 is 1.76 bits per heavy atom. The van der Waals surface area contributed by atoms with Gasteiger partial charge in [-0.2, -0.15) is 5.10 Å². The van der Waals surface area contributed by atoms with Crippen LogP contribution in [-0.4, -0.2) is 37.9 Å². The number of hydrogen-bond donors (Lipinski definition) is 1. The van der Waals surface area contributed by atoms with E-state index in [1.54, 1.807) is 30.5 Å². The highest BCUT2D eigenvalue weighted by Crippen LogP contribution is 2.23. The topological polar surface area (TPSA) is 83.8 Å². The first-order valence-corrected chi connectivity index (χ1v) is 12.5. The third-order valence-electron chi connectivity index (χ3n) is 5.26. The predicted molar refractivity (Wildman–Crippen MR) is 134 cm³/mol. The Hall–Kier alpha value is -3.10. The molecule has 174 valence electrons. The van der Waals surface area contributed by atoms with Crippen LogP contribution < -0.4 is 9.73 Å². The number of rotatable bonds is 7. The summed E-state index contributed by atoms with van der Waals surface area (Å²) in [4.78, 5) is 12.4. The van der Waals surface area contributed by atoms with Gasteiger partial charge in [0.05, 0.1) is 18.2 Å². The highest BCUT2D eigenvalue weighted by atomic mass is 35.5. The Labute approximate surface area is 199 Å². The molecular weight excluding hydrogens is 460 g/mol. The molecule has 33 heavy (non-hydrogen) atoms. The number of nitrogens with one attached hydrogen (secondary N) is 1. The Morgan fingerprint density at radius 3 is 2.36 bits per heavy atom. The molecule has 1 amide bonds. The largest absolute Gasteiger partial charge is 0.318 e. The predicted octanol–water partition coefficient (Wildman–Crippen LogP) is 4.28. The fourth-order valence-corrected chi connectivity index (χ4v) is 4.67. The van der Waals surface area contributed by atoms with Crippen LogP contribution in [0.2, 0.25) is 5.02 Å². The molecule has 0 atom stereocenters. The summed E-state index contributed by atoms with van der Waals surface area (Å²) < 4.78 is 27.5. The first kappa shape index (κ1) is 24.5. The van der Waals surface area contributed by atoms with Gasteiger partial charge in [0.25, 0.3) is 5.91 Å². The summed E-state index contributed by atoms with van der Waals surface area (Å²) in [7, 11) is -3.68. The highest BCUT2D eigenvalue weighted by molar-refractivity contribution is 7.92. The van der Waals surface area contributed by atoms with Crippen LogP contribution in [0.15, 0.2) is 53.6 Å². The van der Waals surface area contributed by atoms with Gasteiger partial charge in [-0.25, -0.2) is 13.8 Å². The maximum Gasteiger partial charge on any atom is 0.260 e. The van der Waals surface area contributed by atoms with Crippen molar-refractivity contribution in [3.05, 3.63) is 81.6 Å². The molecule has 1 heterocycles. The number of aryl methyl sites for hydroxylation is 3. The highest BCUT2D eigenvalue weighted by Gasteiger charge is 2.20. The van der Waals surface area contributed by atoms with Crippen LogP contribution >= 0.6 is 11.6 Å². The van der Waals surface area contributed by atoms with Crippen molar-refractivity contribution < 1.29 is 13.2 Å². The van der Waals surface area contributed by atoms with E-state index in [1.165, 1.54) is 5.56 Å². The molecule has 0 spiro atoms. The summed E-state index contributed by atoms with van der Waals surface area (Å²) in [5.74, 6) is -0.560. The lowest BCUT2D eigenvalue weighted by molar-refractivity contribution is -0.119. The molecule has 9 heteroatoms. The zero-order chi connectivity index (χ0) is 24.3. The zero-order valence-electron chi connectivity index (χ0n) is 19.3. The molecule has 0 bridgehead atoms. The summed E-state index contributed by atoms with van der Waals surface area (Å²) >= 11 is 5.88. The number of anilines is 1. The average molecular weight is 487 g/mol. The van der Waals surface area contributed by atoms with Crippen LogP contribution in [0.1, 0.15) is 28.1 Å². The lowest BCUT2D eigenvalue weighted by Gasteiger charge is -2.21. The minimum Gasteiger partial charge on any atom is -0.318 e. The van der Waals surface area contributed by atoms with Crippen LogP contribution in [0, 0.1) is 27.7 Å². The van der Waals surface area contributed by atoms with Crippen molar-refractivity contribution in [2.75, 3.05) is 17.1 Å². The number of hydrazone groups is 1. The fourth-order valence-electron chi connectivity index (χ4n) is 3.69. The number of amides is 1. The van der Waals surface area contributed by atoms with E-state index in [0.29, 0.717) is 10.7 Å². The van der Waals surface area contributed by atoms with E-state index < -0.39 is 22.5 Å². The van der Waals surface area contributed by atoms with Gasteiger partial charge in [-0.05, 0) is 69.7 Å². The van der Waals surface area contributed by atoms with Crippen molar-refractivity contribution >= 4 is 39.4 Å². The monoisotopic (exact) mass is 486 g/mol. The Kier molecular flexibility index (Phi) is 7.29. The average Bonchev–Trinajstić information content (AvgIpc) is 3.00. The van der Waals surface area contributed by atoms with Crippen molar-refractivity contribution in [2.45, 2.75) is 27.7 Å². The lowest BCUT2D eigenvalue weighted by atomic mass is 10.1. The second-order valence-corrected chi connectivity index (χ2v) is 10.3. The summed E-state index contributed by atoms with van der Waals surface area (Å²) in [6.45, 7) is 7.73. The first-order valence-electron chi connectivity index (χ1n) is 10.3. The normalized spacial score (nSPS) is 11.7. The van der Waals surface area contributed by atoms with Crippen molar-refractivity contribution in [2.24, 2.45) is 5.10 Å². The Morgan fingerprint density at radius 1 is 1.09 bits per heavy atom. The molecular formula is C24H27ClN4O3S. The molecule has 2 aromatic carbocycles. The van der Waals surface area contributed by atoms with Gasteiger partial charge in [-0.1, -0.05) is 29.3 Å². The van der Waals surface area contributed by atoms with E-state index >= 15 is 0 Å². The second kappa shape index (κ2) is 9.80. The van der Waals surface area contributed by atoms with Crippen molar-refractivity contribution in [1.29, 1.82) is 0 Å². The van der Waals surface area contributed by atoms with E-state index in [-0.39, 0.29) is 0 Å². The molecule has 1 N–H and O–H groups in total. The van der Waals surface area contributed by atoms with Crippen LogP contribution in [0.25, 0.3) is 5.69 Å². The van der Waals surface area contributed by atoms with Crippen LogP contribution in [-0.2, 0) is 14.8 Å². The van der Waals surface area contributed by atoms with Gasteiger partial charge in [0.15, 0.2) is 0 Å². The molecule has 0 aliphatic rings. The molecule has 7 nitrogen and oxygen atoms in total. The van der Waals surface area contributed by atoms with Crippen LogP contribution in [0.5, 0.6) is 0 Å². The van der Waals surface area contributed by atoms with Crippen molar-refractivity contribution in [3.63, 3.8) is 0 Å². The molecule has 3 rings (SSSR count). The van der Waals surface area contributed by atoms with Crippen molar-refractivity contribution in [3.8, 4) is 5.69 Å². The van der Waals surface area contributed by atoms with Gasteiger partial charge >= 0.3 is 0 Å². The Bertz CT molecular complexity index is 1310. The molecule has 0 radical (unpaired) electrons. The maximum atomic E-state index is 12.4. The van der Waals surface area contributed by atoms with Crippen LogP contribution in [0.4, 0.5) is 5.69 Å². The lowest BCUT2D eigenvalue weighted by Crippen LogP contribution is -2.39. The summed E-state index contributed by atoms with van der Waals surface area (Å²) in [5.41, 5.74) is 9.09. The van der Waals surface area contributed by atoms with Gasteiger partial charge in [0.1, 0.15) is 6.54 Å². The molecule has 0 unspecified atom stereocenters. The number of sulfonamides is 1. The van der Waals surface area contributed by atoms with Gasteiger partial charge in [0, 0.05) is 27.7 Å². The molecule has 0 saturated carbocycles. The number of benzene rings is 2. The minimum atomic E-state index is -3.68. The molecule has 3 aromatic rings. The van der Waals surface area contributed by atoms with Gasteiger partial charge < -0.3 is 4.57 Å². The third-order valence-corrected chi connectivity index (χ3v) is 6.65. The smallest absolute Gasteiger partial charge is 0.260 e. The van der Waals surface area contributed by atoms with Gasteiger partial charge in [-0.15, -0.1) is 0 Å². The summed E-state index contributed by atoms with van der Waals surface area (Å²) in [6.07, 6.45) is 2.60. The van der Waals surface area contributed by atoms with Gasteiger partial charge in [-0.3, -0.25) is 9.10 Å². The van der Waals surface area contributed by atoms with E-state index in [0.717, 1.165) is 38.8 Å². The summed E-state index contributed by atoms with van der Waals surface area (Å²) in [6, 6.07) is 14.5. The molecule has 0 aliphatic carbocycles. The number of carbonyl (C=O) groups excluding carboxylic acids is 1. The Balaban J connectivity index is 1.75. The summed E-state index contributed by atoms with van der Waals surface area (Å²) in [5, 5.41) is 4.52. The van der Waals surface area contributed by atoms with E-state index in [4.69, 9.17) is 11.6 Å².